The molecule has 1 aliphatic heterocycles. The monoisotopic (exact) mass is 330 g/mol. The first-order valence-corrected chi connectivity index (χ1v) is 8.43. The number of hydrogen-bond acceptors (Lipinski definition) is 4. The van der Waals surface area contributed by atoms with Gasteiger partial charge in [0.15, 0.2) is 5.96 Å². The minimum Gasteiger partial charge on any atom is -0.379 e. The van der Waals surface area contributed by atoms with Crippen LogP contribution in [-0.2, 0) is 18.3 Å². The predicted octanol–water partition coefficient (Wildman–Crippen LogP) is 0.571. The minimum atomic E-state index is 0.641. The van der Waals surface area contributed by atoms with Crippen LogP contribution in [0.1, 0.15) is 5.82 Å². The summed E-state index contributed by atoms with van der Waals surface area (Å²) in [6, 6.07) is 8.17. The Morgan fingerprint density at radius 1 is 1.25 bits per heavy atom. The molecule has 1 aromatic carbocycles. The molecule has 0 atom stereocenters. The Morgan fingerprint density at radius 2 is 2.04 bits per heavy atom. The van der Waals surface area contributed by atoms with Crippen molar-refractivity contribution < 1.29 is 4.74 Å². The Bertz CT molecular complexity index is 689. The van der Waals surface area contributed by atoms with Crippen LogP contribution in [0.5, 0.6) is 0 Å². The summed E-state index contributed by atoms with van der Waals surface area (Å²) in [6.45, 7) is 6.18. The van der Waals surface area contributed by atoms with E-state index in [-0.39, 0.29) is 0 Å². The summed E-state index contributed by atoms with van der Waals surface area (Å²) in [4.78, 5) is 11.3. The van der Waals surface area contributed by atoms with Crippen LogP contribution in [-0.4, -0.2) is 66.9 Å². The lowest BCUT2D eigenvalue weighted by atomic mass is 10.3. The number of fused-ring (bicyclic) bond motifs is 1. The number of hydrogen-bond donors (Lipinski definition) is 2. The third kappa shape index (κ3) is 4.04. The minimum absolute atomic E-state index is 0.641. The zero-order valence-electron chi connectivity index (χ0n) is 14.5. The normalized spacial score (nSPS) is 16.5. The van der Waals surface area contributed by atoms with Crippen LogP contribution in [0.4, 0.5) is 0 Å². The number of morpholine rings is 1. The molecule has 1 aromatic heterocycles. The number of nitrogens with one attached hydrogen (secondary N) is 2. The van der Waals surface area contributed by atoms with E-state index >= 15 is 0 Å². The van der Waals surface area contributed by atoms with Gasteiger partial charge in [-0.25, -0.2) is 4.98 Å². The van der Waals surface area contributed by atoms with Crippen LogP contribution in [0, 0.1) is 0 Å². The second-order valence-corrected chi connectivity index (χ2v) is 5.88. The Balaban J connectivity index is 1.49. The van der Waals surface area contributed by atoms with E-state index in [9.17, 15) is 0 Å². The van der Waals surface area contributed by atoms with Crippen LogP contribution < -0.4 is 10.6 Å². The van der Waals surface area contributed by atoms with Gasteiger partial charge in [0.1, 0.15) is 5.82 Å². The van der Waals surface area contributed by atoms with Crippen LogP contribution in [0.3, 0.4) is 0 Å². The molecule has 2 aromatic rings. The van der Waals surface area contributed by atoms with Gasteiger partial charge in [0, 0.05) is 40.3 Å². The molecule has 7 heteroatoms. The Labute approximate surface area is 142 Å². The van der Waals surface area contributed by atoms with Gasteiger partial charge in [-0.3, -0.25) is 9.89 Å². The molecular formula is C17H26N6O. The van der Waals surface area contributed by atoms with E-state index in [1.165, 1.54) is 0 Å². The summed E-state index contributed by atoms with van der Waals surface area (Å²) >= 11 is 0. The predicted molar refractivity (Wildman–Crippen MR) is 96.2 cm³/mol. The smallest absolute Gasteiger partial charge is 0.191 e. The van der Waals surface area contributed by atoms with E-state index in [4.69, 9.17) is 4.74 Å². The molecule has 1 saturated heterocycles. The van der Waals surface area contributed by atoms with Crippen LogP contribution in [0.2, 0.25) is 0 Å². The number of para-hydroxylation sites is 2. The largest absolute Gasteiger partial charge is 0.379 e. The molecule has 0 saturated carbocycles. The van der Waals surface area contributed by atoms with E-state index in [0.29, 0.717) is 6.54 Å². The van der Waals surface area contributed by atoms with Gasteiger partial charge >= 0.3 is 0 Å². The third-order valence-corrected chi connectivity index (χ3v) is 4.34. The van der Waals surface area contributed by atoms with E-state index in [0.717, 1.165) is 62.2 Å². The summed E-state index contributed by atoms with van der Waals surface area (Å²) < 4.78 is 7.48. The molecule has 2 N–H and O–H groups in total. The molecule has 0 bridgehead atoms. The van der Waals surface area contributed by atoms with E-state index in [2.05, 4.69) is 36.1 Å². The zero-order chi connectivity index (χ0) is 16.8. The van der Waals surface area contributed by atoms with E-state index in [1.54, 1.807) is 7.05 Å². The summed E-state index contributed by atoms with van der Waals surface area (Å²) in [5.74, 6) is 1.79. The van der Waals surface area contributed by atoms with E-state index in [1.807, 2.05) is 25.2 Å². The van der Waals surface area contributed by atoms with Crippen molar-refractivity contribution in [1.82, 2.24) is 25.1 Å². The van der Waals surface area contributed by atoms with Crippen LogP contribution >= 0.6 is 0 Å². The Morgan fingerprint density at radius 3 is 2.79 bits per heavy atom. The average molecular weight is 330 g/mol. The number of benzene rings is 1. The second kappa shape index (κ2) is 8.12. The highest BCUT2D eigenvalue weighted by Crippen LogP contribution is 2.13. The maximum atomic E-state index is 5.36. The summed E-state index contributed by atoms with van der Waals surface area (Å²) in [5, 5.41) is 6.70. The first-order valence-electron chi connectivity index (χ1n) is 8.43. The first kappa shape index (κ1) is 16.7. The number of aromatic nitrogens is 2. The standard InChI is InChI=1S/C17H26N6O/c1-18-17(19-7-8-23-9-11-24-12-10-23)20-13-16-21-14-5-3-4-6-15(14)22(16)2/h3-6H,7-13H2,1-2H3,(H2,18,19,20). The van der Waals surface area contributed by atoms with Crippen molar-refractivity contribution in [3.05, 3.63) is 30.1 Å². The van der Waals surface area contributed by atoms with Gasteiger partial charge in [0.05, 0.1) is 30.8 Å². The molecule has 24 heavy (non-hydrogen) atoms. The summed E-state index contributed by atoms with van der Waals surface area (Å²) in [5.41, 5.74) is 2.16. The van der Waals surface area contributed by atoms with Gasteiger partial charge in [-0.1, -0.05) is 12.1 Å². The molecule has 130 valence electrons. The maximum Gasteiger partial charge on any atom is 0.191 e. The highest BCUT2D eigenvalue weighted by molar-refractivity contribution is 5.80. The zero-order valence-corrected chi connectivity index (χ0v) is 14.5. The van der Waals surface area contributed by atoms with Crippen molar-refractivity contribution >= 4 is 17.0 Å². The van der Waals surface area contributed by atoms with Crippen molar-refractivity contribution in [2.75, 3.05) is 46.4 Å². The Hall–Kier alpha value is -2.12. The fourth-order valence-electron chi connectivity index (χ4n) is 2.89. The number of aryl methyl sites for hydroxylation is 1. The number of nitrogens with zero attached hydrogens (tertiary/aromatic N) is 4. The fraction of sp³-hybridized carbons (Fsp3) is 0.529. The summed E-state index contributed by atoms with van der Waals surface area (Å²) in [6.07, 6.45) is 0. The van der Waals surface area contributed by atoms with Crippen molar-refractivity contribution in [3.8, 4) is 0 Å². The molecule has 7 nitrogen and oxygen atoms in total. The molecule has 0 amide bonds. The van der Waals surface area contributed by atoms with E-state index < -0.39 is 0 Å². The first-order chi connectivity index (χ1) is 11.8. The van der Waals surface area contributed by atoms with Crippen molar-refractivity contribution in [2.45, 2.75) is 6.54 Å². The molecule has 0 spiro atoms. The SMILES string of the molecule is CN=C(NCCN1CCOCC1)NCc1nc2ccccc2n1C. The Kier molecular flexibility index (Phi) is 5.66. The highest BCUT2D eigenvalue weighted by Gasteiger charge is 2.10. The van der Waals surface area contributed by atoms with Crippen LogP contribution in [0.25, 0.3) is 11.0 Å². The van der Waals surface area contributed by atoms with Gasteiger partial charge < -0.3 is 19.9 Å². The lowest BCUT2D eigenvalue weighted by molar-refractivity contribution is 0.0389. The quantitative estimate of drug-likeness (QED) is 0.620. The van der Waals surface area contributed by atoms with Gasteiger partial charge in [-0.05, 0) is 12.1 Å². The van der Waals surface area contributed by atoms with Gasteiger partial charge in [-0.15, -0.1) is 0 Å². The van der Waals surface area contributed by atoms with Gasteiger partial charge in [0.2, 0.25) is 0 Å². The molecule has 0 aliphatic carbocycles. The fourth-order valence-corrected chi connectivity index (χ4v) is 2.89. The molecule has 2 heterocycles. The third-order valence-electron chi connectivity index (χ3n) is 4.34. The molecular weight excluding hydrogens is 304 g/mol. The molecule has 0 radical (unpaired) electrons. The summed E-state index contributed by atoms with van der Waals surface area (Å²) in [7, 11) is 3.83. The topological polar surface area (TPSA) is 66.7 Å². The molecule has 1 aliphatic rings. The van der Waals surface area contributed by atoms with Gasteiger partial charge in [0.25, 0.3) is 0 Å². The van der Waals surface area contributed by atoms with Gasteiger partial charge in [-0.2, -0.15) is 0 Å². The van der Waals surface area contributed by atoms with Crippen LogP contribution in [0.15, 0.2) is 29.3 Å². The maximum absolute atomic E-state index is 5.36. The number of rotatable bonds is 5. The average Bonchev–Trinajstić information content (AvgIpc) is 2.95. The molecule has 3 rings (SSSR count). The number of imidazole rings is 1. The second-order valence-electron chi connectivity index (χ2n) is 5.88. The highest BCUT2D eigenvalue weighted by atomic mass is 16.5. The number of aliphatic imine (C=N–C) groups is 1. The number of guanidine groups is 1. The molecule has 0 unspecified atom stereocenters. The van der Waals surface area contributed by atoms with Crippen molar-refractivity contribution in [1.29, 1.82) is 0 Å². The lowest BCUT2D eigenvalue weighted by Gasteiger charge is -2.26. The molecule has 1 fully saturated rings. The lowest BCUT2D eigenvalue weighted by Crippen LogP contribution is -2.44. The number of ether oxygens (including phenoxy) is 1. The van der Waals surface area contributed by atoms with Crippen molar-refractivity contribution in [3.63, 3.8) is 0 Å². The van der Waals surface area contributed by atoms with Crippen molar-refractivity contribution in [2.24, 2.45) is 12.0 Å².